The van der Waals surface area contributed by atoms with Crippen LogP contribution in [0.3, 0.4) is 0 Å². The summed E-state index contributed by atoms with van der Waals surface area (Å²) in [6.45, 7) is 0. The van der Waals surface area contributed by atoms with E-state index in [9.17, 15) is 0 Å². The summed E-state index contributed by atoms with van der Waals surface area (Å²) in [6.07, 6.45) is 0. The van der Waals surface area contributed by atoms with Crippen molar-refractivity contribution in [2.24, 2.45) is 0 Å². The molecule has 0 bridgehead atoms. The van der Waals surface area contributed by atoms with E-state index in [4.69, 9.17) is 9.47 Å². The molecule has 0 aliphatic carbocycles. The number of hydrogen-bond acceptors (Lipinski definition) is 4. The normalized spacial score (nSPS) is 10.3. The summed E-state index contributed by atoms with van der Waals surface area (Å²) in [5.41, 5.74) is 0. The van der Waals surface area contributed by atoms with Crippen molar-refractivity contribution >= 4 is 25.3 Å². The van der Waals surface area contributed by atoms with Crippen LogP contribution in [0.5, 0.6) is 23.0 Å². The molecule has 0 amide bonds. The first-order chi connectivity index (χ1) is 10.7. The van der Waals surface area contributed by atoms with Crippen LogP contribution in [0.2, 0.25) is 0 Å². The van der Waals surface area contributed by atoms with Crippen LogP contribution < -0.4 is 9.47 Å². The smallest absolute Gasteiger partial charge is 0.131 e. The van der Waals surface area contributed by atoms with Crippen LogP contribution in [0.4, 0.5) is 0 Å². The van der Waals surface area contributed by atoms with E-state index in [0.717, 1.165) is 32.8 Å². The van der Waals surface area contributed by atoms with Crippen LogP contribution in [-0.2, 0) is 0 Å². The molecule has 0 unspecified atom stereocenters. The molecule has 110 valence electrons. The Labute approximate surface area is 140 Å². The highest BCUT2D eigenvalue weighted by Gasteiger charge is 2.02. The minimum atomic E-state index is 0.718. The fourth-order valence-electron chi connectivity index (χ4n) is 1.90. The van der Waals surface area contributed by atoms with Gasteiger partial charge in [-0.3, -0.25) is 0 Å². The van der Waals surface area contributed by atoms with Crippen LogP contribution >= 0.6 is 25.3 Å². The summed E-state index contributed by atoms with van der Waals surface area (Å²) in [4.78, 5) is 1.80. The van der Waals surface area contributed by atoms with Crippen LogP contribution in [0.15, 0.2) is 82.6 Å². The van der Waals surface area contributed by atoms with Gasteiger partial charge < -0.3 is 9.47 Å². The third kappa shape index (κ3) is 4.00. The van der Waals surface area contributed by atoms with Crippen molar-refractivity contribution in [1.29, 1.82) is 0 Å². The van der Waals surface area contributed by atoms with Gasteiger partial charge in [-0.15, -0.1) is 25.3 Å². The lowest BCUT2D eigenvalue weighted by Gasteiger charge is -2.09. The van der Waals surface area contributed by atoms with E-state index in [0.29, 0.717) is 0 Å². The van der Waals surface area contributed by atoms with Crippen LogP contribution in [-0.4, -0.2) is 0 Å². The molecular formula is C18H14O2S2. The third-order valence-corrected chi connectivity index (χ3v) is 3.55. The van der Waals surface area contributed by atoms with Gasteiger partial charge in [0.15, 0.2) is 0 Å². The molecule has 2 nitrogen and oxygen atoms in total. The predicted octanol–water partition coefficient (Wildman–Crippen LogP) is 5.85. The molecular weight excluding hydrogens is 312 g/mol. The Morgan fingerprint density at radius 1 is 0.500 bits per heavy atom. The lowest BCUT2D eigenvalue weighted by molar-refractivity contribution is 0.460. The van der Waals surface area contributed by atoms with E-state index in [2.05, 4.69) is 25.3 Å². The average Bonchev–Trinajstić information content (AvgIpc) is 2.52. The minimum absolute atomic E-state index is 0.718. The van der Waals surface area contributed by atoms with Gasteiger partial charge in [-0.25, -0.2) is 0 Å². The fourth-order valence-corrected chi connectivity index (χ4v) is 2.20. The maximum absolute atomic E-state index is 5.80. The molecule has 0 saturated carbocycles. The van der Waals surface area contributed by atoms with E-state index in [-0.39, 0.29) is 0 Å². The molecule has 0 aliphatic rings. The zero-order chi connectivity index (χ0) is 15.4. The Hall–Kier alpha value is -2.04. The van der Waals surface area contributed by atoms with Gasteiger partial charge in [0.05, 0.1) is 0 Å². The second kappa shape index (κ2) is 6.81. The maximum Gasteiger partial charge on any atom is 0.131 e. The molecule has 0 fully saturated rings. The van der Waals surface area contributed by atoms with Gasteiger partial charge in [-0.1, -0.05) is 6.07 Å². The Bertz CT molecular complexity index is 690. The molecule has 0 saturated heterocycles. The molecule has 0 heterocycles. The van der Waals surface area contributed by atoms with Gasteiger partial charge >= 0.3 is 0 Å². The van der Waals surface area contributed by atoms with E-state index >= 15 is 0 Å². The average molecular weight is 326 g/mol. The molecule has 3 aromatic rings. The molecule has 0 aromatic heterocycles. The number of thiol groups is 2. The maximum atomic E-state index is 5.80. The van der Waals surface area contributed by atoms with Gasteiger partial charge in [0.25, 0.3) is 0 Å². The SMILES string of the molecule is Sc1ccc(Oc2cccc(Oc3ccc(S)cc3)c2)cc1. The van der Waals surface area contributed by atoms with Crippen molar-refractivity contribution in [2.45, 2.75) is 9.79 Å². The highest BCUT2D eigenvalue weighted by atomic mass is 32.1. The van der Waals surface area contributed by atoms with Crippen molar-refractivity contribution in [3.63, 3.8) is 0 Å². The number of ether oxygens (including phenoxy) is 2. The summed E-state index contributed by atoms with van der Waals surface area (Å²) in [7, 11) is 0. The Morgan fingerprint density at radius 2 is 0.909 bits per heavy atom. The first kappa shape index (κ1) is 14.9. The van der Waals surface area contributed by atoms with Crippen molar-refractivity contribution in [3.8, 4) is 23.0 Å². The van der Waals surface area contributed by atoms with E-state index in [1.807, 2.05) is 72.8 Å². The van der Waals surface area contributed by atoms with Gasteiger partial charge in [0.2, 0.25) is 0 Å². The van der Waals surface area contributed by atoms with Crippen molar-refractivity contribution < 1.29 is 9.47 Å². The second-order valence-corrected chi connectivity index (χ2v) is 5.70. The molecule has 0 spiro atoms. The molecule has 0 atom stereocenters. The summed E-state index contributed by atoms with van der Waals surface area (Å²) in [5, 5.41) is 0. The Morgan fingerprint density at radius 3 is 1.32 bits per heavy atom. The lowest BCUT2D eigenvalue weighted by Crippen LogP contribution is -1.87. The summed E-state index contributed by atoms with van der Waals surface area (Å²) in [5.74, 6) is 2.95. The van der Waals surface area contributed by atoms with Crippen molar-refractivity contribution in [3.05, 3.63) is 72.8 Å². The Kier molecular flexibility index (Phi) is 4.61. The number of benzene rings is 3. The minimum Gasteiger partial charge on any atom is -0.457 e. The first-order valence-corrected chi connectivity index (χ1v) is 7.62. The topological polar surface area (TPSA) is 18.5 Å². The van der Waals surface area contributed by atoms with E-state index in [1.165, 1.54) is 0 Å². The van der Waals surface area contributed by atoms with E-state index in [1.54, 1.807) is 0 Å². The molecule has 0 aliphatic heterocycles. The van der Waals surface area contributed by atoms with Crippen molar-refractivity contribution in [1.82, 2.24) is 0 Å². The molecule has 22 heavy (non-hydrogen) atoms. The van der Waals surface area contributed by atoms with Crippen LogP contribution in [0, 0.1) is 0 Å². The molecule has 3 rings (SSSR count). The van der Waals surface area contributed by atoms with Gasteiger partial charge in [-0.2, -0.15) is 0 Å². The zero-order valence-electron chi connectivity index (χ0n) is 11.6. The zero-order valence-corrected chi connectivity index (χ0v) is 13.4. The third-order valence-electron chi connectivity index (χ3n) is 2.95. The lowest BCUT2D eigenvalue weighted by atomic mass is 10.3. The van der Waals surface area contributed by atoms with Crippen molar-refractivity contribution in [2.75, 3.05) is 0 Å². The molecule has 0 radical (unpaired) electrons. The highest BCUT2D eigenvalue weighted by Crippen LogP contribution is 2.29. The Balaban J connectivity index is 1.74. The van der Waals surface area contributed by atoms with Crippen LogP contribution in [0.25, 0.3) is 0 Å². The summed E-state index contributed by atoms with van der Waals surface area (Å²) in [6, 6.07) is 22.6. The largest absolute Gasteiger partial charge is 0.457 e. The number of hydrogen-bond donors (Lipinski definition) is 2. The monoisotopic (exact) mass is 326 g/mol. The highest BCUT2D eigenvalue weighted by molar-refractivity contribution is 7.80. The summed E-state index contributed by atoms with van der Waals surface area (Å²) < 4.78 is 11.6. The number of rotatable bonds is 4. The standard InChI is InChI=1S/C18H14O2S2/c21-17-8-4-13(5-9-17)19-15-2-1-3-16(12-15)20-14-6-10-18(22)11-7-14/h1-12,21-22H. The molecule has 0 N–H and O–H groups in total. The molecule has 3 aromatic carbocycles. The van der Waals surface area contributed by atoms with Gasteiger partial charge in [0.1, 0.15) is 23.0 Å². The molecule has 4 heteroatoms. The van der Waals surface area contributed by atoms with Crippen LogP contribution in [0.1, 0.15) is 0 Å². The quantitative estimate of drug-likeness (QED) is 0.586. The second-order valence-electron chi connectivity index (χ2n) is 4.67. The summed E-state index contributed by atoms with van der Waals surface area (Å²) >= 11 is 8.51. The first-order valence-electron chi connectivity index (χ1n) is 6.73. The predicted molar refractivity (Wildman–Crippen MR) is 94.0 cm³/mol. The van der Waals surface area contributed by atoms with Gasteiger partial charge in [-0.05, 0) is 60.7 Å². The van der Waals surface area contributed by atoms with E-state index < -0.39 is 0 Å². The fraction of sp³-hybridized carbons (Fsp3) is 0. The van der Waals surface area contributed by atoms with Gasteiger partial charge in [0, 0.05) is 15.9 Å².